The monoisotopic (exact) mass is 341 g/mol. The SMILES string of the molecule is O=C1CO[C@@H]2CN(Cc3ccncc3)C[C@H]2N1Cc1ccc(F)cc1. The number of halogens is 1. The second-order valence-corrected chi connectivity index (χ2v) is 6.61. The van der Waals surface area contributed by atoms with Crippen LogP contribution in [0, 0.1) is 5.82 Å². The third kappa shape index (κ3) is 3.55. The normalized spacial score (nSPS) is 23.7. The first-order valence-electron chi connectivity index (χ1n) is 8.46. The summed E-state index contributed by atoms with van der Waals surface area (Å²) in [5.41, 5.74) is 2.13. The fraction of sp³-hybridized carbons (Fsp3) is 0.368. The molecule has 5 nitrogen and oxygen atoms in total. The Morgan fingerprint density at radius 2 is 1.76 bits per heavy atom. The van der Waals surface area contributed by atoms with E-state index in [1.165, 1.54) is 17.7 Å². The molecule has 2 fully saturated rings. The highest BCUT2D eigenvalue weighted by atomic mass is 19.1. The predicted molar refractivity (Wildman–Crippen MR) is 90.0 cm³/mol. The lowest BCUT2D eigenvalue weighted by Gasteiger charge is -2.36. The van der Waals surface area contributed by atoms with Crippen molar-refractivity contribution in [3.05, 3.63) is 65.7 Å². The topological polar surface area (TPSA) is 45.7 Å². The fourth-order valence-corrected chi connectivity index (χ4v) is 3.61. The van der Waals surface area contributed by atoms with Gasteiger partial charge in [-0.1, -0.05) is 12.1 Å². The van der Waals surface area contributed by atoms with Crippen molar-refractivity contribution < 1.29 is 13.9 Å². The lowest BCUT2D eigenvalue weighted by molar-refractivity contribution is -0.153. The Kier molecular flexibility index (Phi) is 4.46. The molecular weight excluding hydrogens is 321 g/mol. The van der Waals surface area contributed by atoms with Crippen LogP contribution >= 0.6 is 0 Å². The molecule has 0 spiro atoms. The predicted octanol–water partition coefficient (Wildman–Crippen LogP) is 1.83. The summed E-state index contributed by atoms with van der Waals surface area (Å²) < 4.78 is 18.9. The van der Waals surface area contributed by atoms with Crippen LogP contribution in [0.25, 0.3) is 0 Å². The van der Waals surface area contributed by atoms with Crippen molar-refractivity contribution in [1.82, 2.24) is 14.8 Å². The number of carbonyl (C=O) groups excluding carboxylic acids is 1. The molecule has 25 heavy (non-hydrogen) atoms. The van der Waals surface area contributed by atoms with Gasteiger partial charge in [-0.3, -0.25) is 14.7 Å². The third-order valence-electron chi connectivity index (χ3n) is 4.88. The van der Waals surface area contributed by atoms with E-state index in [0.717, 1.165) is 25.2 Å². The van der Waals surface area contributed by atoms with Gasteiger partial charge in [-0.25, -0.2) is 4.39 Å². The number of ether oxygens (including phenoxy) is 1. The summed E-state index contributed by atoms with van der Waals surface area (Å²) in [5.74, 6) is -0.268. The van der Waals surface area contributed by atoms with E-state index < -0.39 is 0 Å². The fourth-order valence-electron chi connectivity index (χ4n) is 3.61. The minimum absolute atomic E-state index is 0.00339. The summed E-state index contributed by atoms with van der Waals surface area (Å²) in [6.45, 7) is 3.01. The molecule has 4 rings (SSSR count). The molecule has 2 aliphatic heterocycles. The summed E-state index contributed by atoms with van der Waals surface area (Å²) in [6, 6.07) is 10.4. The number of rotatable bonds is 4. The van der Waals surface area contributed by atoms with Gasteiger partial charge in [-0.05, 0) is 35.4 Å². The van der Waals surface area contributed by atoms with Crippen LogP contribution in [-0.2, 0) is 22.6 Å². The Balaban J connectivity index is 1.46. The van der Waals surface area contributed by atoms with E-state index >= 15 is 0 Å². The number of benzene rings is 1. The van der Waals surface area contributed by atoms with E-state index in [0.29, 0.717) is 6.54 Å². The number of hydrogen-bond acceptors (Lipinski definition) is 4. The van der Waals surface area contributed by atoms with E-state index in [1.54, 1.807) is 24.5 Å². The van der Waals surface area contributed by atoms with Crippen LogP contribution in [0.3, 0.4) is 0 Å². The van der Waals surface area contributed by atoms with E-state index in [2.05, 4.69) is 9.88 Å². The average Bonchev–Trinajstić information content (AvgIpc) is 3.03. The number of hydrogen-bond donors (Lipinski definition) is 0. The Morgan fingerprint density at radius 1 is 1.04 bits per heavy atom. The quantitative estimate of drug-likeness (QED) is 0.851. The van der Waals surface area contributed by atoms with Gasteiger partial charge in [-0.2, -0.15) is 0 Å². The zero-order valence-electron chi connectivity index (χ0n) is 13.8. The van der Waals surface area contributed by atoms with E-state index in [-0.39, 0.29) is 30.5 Å². The second kappa shape index (κ2) is 6.90. The molecule has 2 atom stereocenters. The van der Waals surface area contributed by atoms with Crippen molar-refractivity contribution in [2.45, 2.75) is 25.2 Å². The van der Waals surface area contributed by atoms with E-state index in [9.17, 15) is 9.18 Å². The van der Waals surface area contributed by atoms with Crippen molar-refractivity contribution in [3.8, 4) is 0 Å². The highest BCUT2D eigenvalue weighted by molar-refractivity contribution is 5.78. The number of pyridine rings is 1. The second-order valence-electron chi connectivity index (χ2n) is 6.61. The van der Waals surface area contributed by atoms with Gasteiger partial charge >= 0.3 is 0 Å². The lowest BCUT2D eigenvalue weighted by atomic mass is 10.1. The largest absolute Gasteiger partial charge is 0.365 e. The Labute approximate surface area is 146 Å². The zero-order valence-corrected chi connectivity index (χ0v) is 13.8. The van der Waals surface area contributed by atoms with Crippen molar-refractivity contribution >= 4 is 5.91 Å². The van der Waals surface area contributed by atoms with Crippen LogP contribution < -0.4 is 0 Å². The van der Waals surface area contributed by atoms with Gasteiger partial charge in [-0.15, -0.1) is 0 Å². The molecule has 0 bridgehead atoms. The summed E-state index contributed by atoms with van der Waals surface area (Å²) in [6.07, 6.45) is 3.61. The van der Waals surface area contributed by atoms with Gasteiger partial charge in [0.15, 0.2) is 0 Å². The molecule has 2 aliphatic rings. The van der Waals surface area contributed by atoms with Crippen LogP contribution in [0.5, 0.6) is 0 Å². The highest BCUT2D eigenvalue weighted by Crippen LogP contribution is 2.26. The first-order chi connectivity index (χ1) is 12.2. The molecule has 3 heterocycles. The Hall–Kier alpha value is -2.31. The summed E-state index contributed by atoms with van der Waals surface area (Å²) in [4.78, 5) is 20.6. The maximum absolute atomic E-state index is 13.1. The molecule has 1 amide bonds. The highest BCUT2D eigenvalue weighted by Gasteiger charge is 2.42. The van der Waals surface area contributed by atoms with Gasteiger partial charge in [0.2, 0.25) is 5.91 Å². The Bertz CT molecular complexity index is 738. The molecule has 0 unspecified atom stereocenters. The molecule has 6 heteroatoms. The molecular formula is C19H20FN3O2. The number of carbonyl (C=O) groups is 1. The number of morpholine rings is 1. The summed E-state index contributed by atoms with van der Waals surface area (Å²) in [5, 5.41) is 0. The van der Waals surface area contributed by atoms with Gasteiger partial charge in [0.25, 0.3) is 0 Å². The van der Waals surface area contributed by atoms with Crippen molar-refractivity contribution in [2.24, 2.45) is 0 Å². The molecule has 130 valence electrons. The van der Waals surface area contributed by atoms with Crippen LogP contribution in [0.15, 0.2) is 48.8 Å². The molecule has 1 aromatic carbocycles. The van der Waals surface area contributed by atoms with Crippen LogP contribution in [0.2, 0.25) is 0 Å². The van der Waals surface area contributed by atoms with Crippen LogP contribution in [-0.4, -0.2) is 52.5 Å². The average molecular weight is 341 g/mol. The molecule has 0 radical (unpaired) electrons. The maximum atomic E-state index is 13.1. The number of aromatic nitrogens is 1. The first kappa shape index (κ1) is 16.2. The molecule has 0 saturated carbocycles. The number of likely N-dealkylation sites (tertiary alicyclic amines) is 1. The van der Waals surface area contributed by atoms with Crippen molar-refractivity contribution in [2.75, 3.05) is 19.7 Å². The first-order valence-corrected chi connectivity index (χ1v) is 8.46. The number of amides is 1. The standard InChI is InChI=1S/C19H20FN3O2/c20-16-3-1-14(2-4-16)10-23-17-11-22(9-15-5-7-21-8-6-15)12-18(17)25-13-19(23)24/h1-8,17-18H,9-13H2/t17-,18-/m1/s1. The van der Waals surface area contributed by atoms with E-state index in [1.807, 2.05) is 17.0 Å². The molecule has 1 aromatic heterocycles. The Morgan fingerprint density at radius 3 is 2.52 bits per heavy atom. The van der Waals surface area contributed by atoms with Gasteiger partial charge in [0, 0.05) is 38.6 Å². The van der Waals surface area contributed by atoms with Gasteiger partial charge in [0.05, 0.1) is 12.1 Å². The van der Waals surface area contributed by atoms with Crippen LogP contribution in [0.1, 0.15) is 11.1 Å². The number of fused-ring (bicyclic) bond motifs is 1. The van der Waals surface area contributed by atoms with Crippen molar-refractivity contribution in [1.29, 1.82) is 0 Å². The molecule has 2 aromatic rings. The zero-order chi connectivity index (χ0) is 17.2. The minimum Gasteiger partial charge on any atom is -0.365 e. The smallest absolute Gasteiger partial charge is 0.249 e. The lowest BCUT2D eigenvalue weighted by Crippen LogP contribution is -2.53. The number of nitrogens with zero attached hydrogens (tertiary/aromatic N) is 3. The minimum atomic E-state index is -0.265. The van der Waals surface area contributed by atoms with Gasteiger partial charge < -0.3 is 9.64 Å². The van der Waals surface area contributed by atoms with Crippen LogP contribution in [0.4, 0.5) is 4.39 Å². The molecule has 0 N–H and O–H groups in total. The summed E-state index contributed by atoms with van der Waals surface area (Å²) >= 11 is 0. The van der Waals surface area contributed by atoms with Gasteiger partial charge in [0.1, 0.15) is 12.4 Å². The molecule has 2 saturated heterocycles. The summed E-state index contributed by atoms with van der Waals surface area (Å²) in [7, 11) is 0. The van der Waals surface area contributed by atoms with Crippen molar-refractivity contribution in [3.63, 3.8) is 0 Å². The molecule has 0 aliphatic carbocycles. The third-order valence-corrected chi connectivity index (χ3v) is 4.88. The van der Waals surface area contributed by atoms with E-state index in [4.69, 9.17) is 4.74 Å². The maximum Gasteiger partial charge on any atom is 0.249 e.